The third-order valence-electron chi connectivity index (χ3n) is 1.87. The van der Waals surface area contributed by atoms with E-state index in [0.29, 0.717) is 5.88 Å². The lowest BCUT2D eigenvalue weighted by Gasteiger charge is -2.06. The Morgan fingerprint density at radius 2 is 2.00 bits per heavy atom. The monoisotopic (exact) mass is 229 g/mol. The molecular weight excluding hydrogens is 217 g/mol. The van der Waals surface area contributed by atoms with Gasteiger partial charge in [-0.2, -0.15) is 0 Å². The number of nitrogens with one attached hydrogen (secondary N) is 1. The lowest BCUT2D eigenvalue weighted by Crippen LogP contribution is -2.01. The fourth-order valence-electron chi connectivity index (χ4n) is 0.992. The summed E-state index contributed by atoms with van der Waals surface area (Å²) in [5, 5.41) is 3.25. The van der Waals surface area contributed by atoms with Crippen LogP contribution in [-0.4, -0.2) is 6.54 Å². The second-order valence-electron chi connectivity index (χ2n) is 3.14. The van der Waals surface area contributed by atoms with Crippen molar-refractivity contribution < 1.29 is 0 Å². The van der Waals surface area contributed by atoms with Crippen LogP contribution in [0.15, 0.2) is 35.4 Å². The van der Waals surface area contributed by atoms with Crippen LogP contribution in [0, 0.1) is 0 Å². The summed E-state index contributed by atoms with van der Waals surface area (Å²) in [5.41, 5.74) is 4.90. The van der Waals surface area contributed by atoms with Crippen LogP contribution < -0.4 is 5.32 Å². The normalized spacial score (nSPS) is 11.5. The summed E-state index contributed by atoms with van der Waals surface area (Å²) in [6, 6.07) is 8.04. The molecule has 0 aliphatic carbocycles. The smallest absolute Gasteiger partial charge is 0.0474 e. The quantitative estimate of drug-likeness (QED) is 0.771. The first-order valence-corrected chi connectivity index (χ1v) is 5.38. The highest BCUT2D eigenvalue weighted by molar-refractivity contribution is 6.25. The van der Waals surface area contributed by atoms with Crippen molar-refractivity contribution in [3.63, 3.8) is 0 Å². The van der Waals surface area contributed by atoms with Crippen LogP contribution in [0.25, 0.3) is 0 Å². The maximum atomic E-state index is 5.68. The number of hydrogen-bond donors (Lipinski definition) is 1. The van der Waals surface area contributed by atoms with Crippen molar-refractivity contribution in [1.29, 1.82) is 0 Å². The van der Waals surface area contributed by atoms with Crippen LogP contribution in [0.5, 0.6) is 0 Å². The summed E-state index contributed by atoms with van der Waals surface area (Å²) in [5.74, 6) is 0.556. The molecule has 14 heavy (non-hydrogen) atoms. The van der Waals surface area contributed by atoms with E-state index < -0.39 is 0 Å². The SMILES string of the molecule is C/C(=C/Cl)CNc1ccc(CCl)cc1. The average molecular weight is 230 g/mol. The van der Waals surface area contributed by atoms with Crippen molar-refractivity contribution in [3.8, 4) is 0 Å². The van der Waals surface area contributed by atoms with Crippen molar-refractivity contribution in [2.24, 2.45) is 0 Å². The predicted octanol–water partition coefficient (Wildman–Crippen LogP) is 3.98. The van der Waals surface area contributed by atoms with Crippen molar-refractivity contribution >= 4 is 28.9 Å². The molecule has 0 fully saturated rings. The molecule has 3 heteroatoms. The van der Waals surface area contributed by atoms with Gasteiger partial charge in [-0.15, -0.1) is 11.6 Å². The molecule has 0 radical (unpaired) electrons. The van der Waals surface area contributed by atoms with E-state index >= 15 is 0 Å². The predicted molar refractivity (Wildman–Crippen MR) is 64.1 cm³/mol. The minimum Gasteiger partial charge on any atom is -0.381 e. The summed E-state index contributed by atoms with van der Waals surface area (Å²) >= 11 is 11.2. The fourth-order valence-corrected chi connectivity index (χ4v) is 1.25. The summed E-state index contributed by atoms with van der Waals surface area (Å²) < 4.78 is 0. The zero-order chi connectivity index (χ0) is 10.4. The molecule has 0 saturated heterocycles. The topological polar surface area (TPSA) is 12.0 Å². The first kappa shape index (κ1) is 11.4. The second-order valence-corrected chi connectivity index (χ2v) is 3.63. The molecule has 0 unspecified atom stereocenters. The van der Waals surface area contributed by atoms with Gasteiger partial charge >= 0.3 is 0 Å². The van der Waals surface area contributed by atoms with Gasteiger partial charge in [0.1, 0.15) is 0 Å². The minimum absolute atomic E-state index is 0.556. The Kier molecular flexibility index (Phi) is 4.85. The van der Waals surface area contributed by atoms with E-state index in [1.807, 2.05) is 31.2 Å². The minimum atomic E-state index is 0.556. The molecule has 1 rings (SSSR count). The van der Waals surface area contributed by atoms with Gasteiger partial charge < -0.3 is 5.32 Å². The maximum Gasteiger partial charge on any atom is 0.0474 e. The number of alkyl halides is 1. The molecule has 0 aliphatic rings. The first-order valence-electron chi connectivity index (χ1n) is 4.41. The van der Waals surface area contributed by atoms with Crippen LogP contribution >= 0.6 is 23.2 Å². The Hall–Kier alpha value is -0.660. The molecule has 0 saturated carbocycles. The van der Waals surface area contributed by atoms with E-state index in [-0.39, 0.29) is 0 Å². The van der Waals surface area contributed by atoms with E-state index in [9.17, 15) is 0 Å². The number of hydrogen-bond acceptors (Lipinski definition) is 1. The van der Waals surface area contributed by atoms with Crippen molar-refractivity contribution in [1.82, 2.24) is 0 Å². The molecular formula is C11H13Cl2N. The van der Waals surface area contributed by atoms with E-state index in [0.717, 1.165) is 23.4 Å². The van der Waals surface area contributed by atoms with Gasteiger partial charge in [0.25, 0.3) is 0 Å². The molecule has 0 atom stereocenters. The summed E-state index contributed by atoms with van der Waals surface area (Å²) in [7, 11) is 0. The summed E-state index contributed by atoms with van der Waals surface area (Å²) in [4.78, 5) is 0. The van der Waals surface area contributed by atoms with Crippen LogP contribution in [0.4, 0.5) is 5.69 Å². The molecule has 0 bridgehead atoms. The van der Waals surface area contributed by atoms with Crippen molar-refractivity contribution in [2.75, 3.05) is 11.9 Å². The highest BCUT2D eigenvalue weighted by atomic mass is 35.5. The molecule has 76 valence electrons. The Labute approximate surface area is 94.7 Å². The molecule has 0 aromatic heterocycles. The Balaban J connectivity index is 2.52. The molecule has 0 heterocycles. The molecule has 0 amide bonds. The Bertz CT molecular complexity index is 304. The zero-order valence-electron chi connectivity index (χ0n) is 8.06. The van der Waals surface area contributed by atoms with E-state index in [2.05, 4.69) is 5.32 Å². The second kappa shape index (κ2) is 5.94. The summed E-state index contributed by atoms with van der Waals surface area (Å²) in [6.07, 6.45) is 0. The maximum absolute atomic E-state index is 5.68. The number of halogens is 2. The van der Waals surface area contributed by atoms with Crippen LogP contribution in [0.3, 0.4) is 0 Å². The van der Waals surface area contributed by atoms with Gasteiger partial charge in [0.15, 0.2) is 0 Å². The van der Waals surface area contributed by atoms with Gasteiger partial charge in [0.05, 0.1) is 0 Å². The van der Waals surface area contributed by atoms with Crippen molar-refractivity contribution in [3.05, 3.63) is 40.9 Å². The van der Waals surface area contributed by atoms with Gasteiger partial charge in [-0.05, 0) is 30.2 Å². The van der Waals surface area contributed by atoms with E-state index in [4.69, 9.17) is 23.2 Å². The third-order valence-corrected chi connectivity index (χ3v) is 2.55. The molecule has 1 nitrogen and oxygen atoms in total. The van der Waals surface area contributed by atoms with E-state index in [1.54, 1.807) is 5.54 Å². The van der Waals surface area contributed by atoms with Gasteiger partial charge in [-0.3, -0.25) is 0 Å². The molecule has 1 N–H and O–H groups in total. The molecule has 1 aromatic carbocycles. The highest BCUT2D eigenvalue weighted by Crippen LogP contribution is 2.11. The Morgan fingerprint density at radius 3 is 2.50 bits per heavy atom. The third kappa shape index (κ3) is 3.60. The molecule has 0 spiro atoms. The average Bonchev–Trinajstić information content (AvgIpc) is 2.26. The highest BCUT2D eigenvalue weighted by Gasteiger charge is 1.93. The van der Waals surface area contributed by atoms with Gasteiger partial charge in [-0.1, -0.05) is 23.7 Å². The fraction of sp³-hybridized carbons (Fsp3) is 0.273. The first-order chi connectivity index (χ1) is 6.76. The number of rotatable bonds is 4. The number of anilines is 1. The standard InChI is InChI=1S/C11H13Cl2N/c1-9(6-12)8-14-11-4-2-10(7-13)3-5-11/h2-6,14H,7-8H2,1H3/b9-6-. The zero-order valence-corrected chi connectivity index (χ0v) is 9.57. The van der Waals surface area contributed by atoms with Crippen LogP contribution in [0.1, 0.15) is 12.5 Å². The lowest BCUT2D eigenvalue weighted by molar-refractivity contribution is 1.21. The van der Waals surface area contributed by atoms with Gasteiger partial charge in [0, 0.05) is 23.6 Å². The molecule has 0 aliphatic heterocycles. The van der Waals surface area contributed by atoms with Crippen LogP contribution in [0.2, 0.25) is 0 Å². The summed E-state index contributed by atoms with van der Waals surface area (Å²) in [6.45, 7) is 2.75. The van der Waals surface area contributed by atoms with Crippen LogP contribution in [-0.2, 0) is 5.88 Å². The molecule has 1 aromatic rings. The Morgan fingerprint density at radius 1 is 1.36 bits per heavy atom. The largest absolute Gasteiger partial charge is 0.381 e. The lowest BCUT2D eigenvalue weighted by atomic mass is 10.2. The van der Waals surface area contributed by atoms with Crippen molar-refractivity contribution in [2.45, 2.75) is 12.8 Å². The van der Waals surface area contributed by atoms with E-state index in [1.165, 1.54) is 0 Å². The van der Waals surface area contributed by atoms with Gasteiger partial charge in [-0.25, -0.2) is 0 Å². The number of benzene rings is 1. The van der Waals surface area contributed by atoms with Gasteiger partial charge in [0.2, 0.25) is 0 Å².